The Balaban J connectivity index is 2.50. The van der Waals surface area contributed by atoms with Gasteiger partial charge in [0.25, 0.3) is 0 Å². The van der Waals surface area contributed by atoms with Crippen LogP contribution < -0.4 is 4.74 Å². The van der Waals surface area contributed by atoms with Crippen molar-refractivity contribution in [2.45, 2.75) is 6.92 Å². The highest BCUT2D eigenvalue weighted by molar-refractivity contribution is 9.10. The maximum atomic E-state index is 14.1. The molecule has 0 heterocycles. The average molecular weight is 323 g/mol. The van der Waals surface area contributed by atoms with E-state index in [-0.39, 0.29) is 17.1 Å². The highest BCUT2D eigenvalue weighted by atomic mass is 79.9. The maximum absolute atomic E-state index is 14.1. The van der Waals surface area contributed by atoms with Gasteiger partial charge < -0.3 is 4.74 Å². The van der Waals surface area contributed by atoms with Gasteiger partial charge in [0, 0.05) is 10.0 Å². The van der Waals surface area contributed by atoms with E-state index in [4.69, 9.17) is 4.74 Å². The van der Waals surface area contributed by atoms with Crippen LogP contribution in [0.1, 0.15) is 21.5 Å². The molecule has 0 atom stereocenters. The van der Waals surface area contributed by atoms with E-state index in [0.29, 0.717) is 5.56 Å². The molecule has 2 aromatic rings. The van der Waals surface area contributed by atoms with Crippen LogP contribution in [-0.4, -0.2) is 12.9 Å². The van der Waals surface area contributed by atoms with Gasteiger partial charge in [-0.1, -0.05) is 22.0 Å². The zero-order chi connectivity index (χ0) is 14.0. The Hall–Kier alpha value is -1.68. The number of ketones is 1. The molecule has 0 aliphatic heterocycles. The molecule has 0 aromatic heterocycles. The number of rotatable bonds is 3. The van der Waals surface area contributed by atoms with Gasteiger partial charge in [0.2, 0.25) is 0 Å². The summed E-state index contributed by atoms with van der Waals surface area (Å²) in [4.78, 5) is 12.4. The molecule has 2 rings (SSSR count). The molecule has 0 aliphatic carbocycles. The van der Waals surface area contributed by atoms with E-state index < -0.39 is 5.82 Å². The Morgan fingerprint density at radius 3 is 2.58 bits per heavy atom. The van der Waals surface area contributed by atoms with Gasteiger partial charge in [-0.15, -0.1) is 0 Å². The fourth-order valence-corrected chi connectivity index (χ4v) is 2.35. The summed E-state index contributed by atoms with van der Waals surface area (Å²) in [6, 6.07) is 9.82. The minimum Gasteiger partial charge on any atom is -0.494 e. The normalized spacial score (nSPS) is 10.3. The Labute approximate surface area is 119 Å². The van der Waals surface area contributed by atoms with Gasteiger partial charge in [-0.05, 0) is 42.8 Å². The number of aryl methyl sites for hydroxylation is 1. The number of hydrogen-bond donors (Lipinski definition) is 0. The van der Waals surface area contributed by atoms with Crippen LogP contribution in [0.4, 0.5) is 4.39 Å². The third-order valence-corrected chi connectivity index (χ3v) is 3.35. The summed E-state index contributed by atoms with van der Waals surface area (Å²) >= 11 is 3.33. The molecule has 0 bridgehead atoms. The van der Waals surface area contributed by atoms with E-state index in [1.165, 1.54) is 19.2 Å². The Morgan fingerprint density at radius 2 is 1.95 bits per heavy atom. The standard InChI is InChI=1S/C15H12BrFO2/c1-9-8-10(16)6-7-11(9)15(18)12-4-3-5-13(19-2)14(12)17/h3-8H,1-2H3. The number of carbonyl (C=O) groups excluding carboxylic acids is 1. The van der Waals surface area contributed by atoms with Crippen molar-refractivity contribution in [3.05, 3.63) is 63.4 Å². The van der Waals surface area contributed by atoms with Crippen LogP contribution >= 0.6 is 15.9 Å². The van der Waals surface area contributed by atoms with Crippen LogP contribution in [0.5, 0.6) is 5.75 Å². The second kappa shape index (κ2) is 5.53. The average Bonchev–Trinajstić information content (AvgIpc) is 2.38. The lowest BCUT2D eigenvalue weighted by Gasteiger charge is -2.08. The first-order valence-corrected chi connectivity index (χ1v) is 6.47. The number of hydrogen-bond acceptors (Lipinski definition) is 2. The molecule has 0 unspecified atom stereocenters. The summed E-state index contributed by atoms with van der Waals surface area (Å²) in [5.41, 5.74) is 1.29. The summed E-state index contributed by atoms with van der Waals surface area (Å²) < 4.78 is 19.8. The second-order valence-electron chi connectivity index (χ2n) is 4.11. The summed E-state index contributed by atoms with van der Waals surface area (Å²) in [6.45, 7) is 1.82. The smallest absolute Gasteiger partial charge is 0.196 e. The molecule has 0 radical (unpaired) electrons. The highest BCUT2D eigenvalue weighted by Gasteiger charge is 2.18. The number of methoxy groups -OCH3 is 1. The lowest BCUT2D eigenvalue weighted by Crippen LogP contribution is -2.07. The van der Waals surface area contributed by atoms with E-state index in [9.17, 15) is 9.18 Å². The van der Waals surface area contributed by atoms with Gasteiger partial charge in [-0.3, -0.25) is 4.79 Å². The largest absolute Gasteiger partial charge is 0.494 e. The van der Waals surface area contributed by atoms with Crippen molar-refractivity contribution < 1.29 is 13.9 Å². The third-order valence-electron chi connectivity index (χ3n) is 2.86. The SMILES string of the molecule is COc1cccc(C(=O)c2ccc(Br)cc2C)c1F. The van der Waals surface area contributed by atoms with Gasteiger partial charge >= 0.3 is 0 Å². The molecular weight excluding hydrogens is 311 g/mol. The quantitative estimate of drug-likeness (QED) is 0.794. The summed E-state index contributed by atoms with van der Waals surface area (Å²) in [6.07, 6.45) is 0. The predicted octanol–water partition coefficient (Wildman–Crippen LogP) is 4.14. The number of carbonyl (C=O) groups is 1. The summed E-state index contributed by atoms with van der Waals surface area (Å²) in [7, 11) is 1.37. The topological polar surface area (TPSA) is 26.3 Å². The monoisotopic (exact) mass is 322 g/mol. The number of ether oxygens (including phenoxy) is 1. The zero-order valence-electron chi connectivity index (χ0n) is 10.5. The van der Waals surface area contributed by atoms with Gasteiger partial charge in [-0.2, -0.15) is 0 Å². The molecule has 0 aliphatic rings. The Bertz CT molecular complexity index is 638. The lowest BCUT2D eigenvalue weighted by atomic mass is 9.98. The number of halogens is 2. The van der Waals surface area contributed by atoms with Crippen molar-refractivity contribution in [2.24, 2.45) is 0 Å². The Morgan fingerprint density at radius 1 is 1.21 bits per heavy atom. The first kappa shape index (κ1) is 13.7. The fraction of sp³-hybridized carbons (Fsp3) is 0.133. The van der Waals surface area contributed by atoms with E-state index in [1.807, 2.05) is 13.0 Å². The molecule has 0 fully saturated rings. The minimum absolute atomic E-state index is 0.0183. The van der Waals surface area contributed by atoms with E-state index in [1.54, 1.807) is 18.2 Å². The molecule has 19 heavy (non-hydrogen) atoms. The van der Waals surface area contributed by atoms with Gasteiger partial charge in [0.05, 0.1) is 12.7 Å². The van der Waals surface area contributed by atoms with Crippen LogP contribution in [0.2, 0.25) is 0 Å². The van der Waals surface area contributed by atoms with E-state index in [2.05, 4.69) is 15.9 Å². The van der Waals surface area contributed by atoms with Crippen molar-refractivity contribution >= 4 is 21.7 Å². The second-order valence-corrected chi connectivity index (χ2v) is 5.03. The molecule has 2 nitrogen and oxygen atoms in total. The predicted molar refractivity (Wildman–Crippen MR) is 75.3 cm³/mol. The Kier molecular flexibility index (Phi) is 4.00. The zero-order valence-corrected chi connectivity index (χ0v) is 12.1. The molecule has 0 saturated heterocycles. The van der Waals surface area contributed by atoms with Crippen molar-refractivity contribution in [1.82, 2.24) is 0 Å². The lowest BCUT2D eigenvalue weighted by molar-refractivity contribution is 0.103. The van der Waals surface area contributed by atoms with Crippen molar-refractivity contribution in [3.8, 4) is 5.75 Å². The first-order chi connectivity index (χ1) is 9.04. The molecular formula is C15H12BrFO2. The van der Waals surface area contributed by atoms with E-state index >= 15 is 0 Å². The third kappa shape index (κ3) is 2.68. The van der Waals surface area contributed by atoms with Crippen LogP contribution in [0.15, 0.2) is 40.9 Å². The van der Waals surface area contributed by atoms with Crippen molar-refractivity contribution in [1.29, 1.82) is 0 Å². The number of benzene rings is 2. The molecule has 98 valence electrons. The van der Waals surface area contributed by atoms with Gasteiger partial charge in [0.15, 0.2) is 17.3 Å². The first-order valence-electron chi connectivity index (χ1n) is 5.68. The summed E-state index contributed by atoms with van der Waals surface area (Å²) in [5, 5.41) is 0. The maximum Gasteiger partial charge on any atom is 0.196 e. The van der Waals surface area contributed by atoms with E-state index in [0.717, 1.165) is 10.0 Å². The van der Waals surface area contributed by atoms with Crippen molar-refractivity contribution in [2.75, 3.05) is 7.11 Å². The molecule has 2 aromatic carbocycles. The fourth-order valence-electron chi connectivity index (χ4n) is 1.87. The van der Waals surface area contributed by atoms with Crippen LogP contribution in [-0.2, 0) is 0 Å². The molecule has 0 saturated carbocycles. The summed E-state index contributed by atoms with van der Waals surface area (Å²) in [5.74, 6) is -0.903. The van der Waals surface area contributed by atoms with Crippen LogP contribution in [0, 0.1) is 12.7 Å². The van der Waals surface area contributed by atoms with Crippen LogP contribution in [0.3, 0.4) is 0 Å². The molecule has 0 amide bonds. The van der Waals surface area contributed by atoms with Gasteiger partial charge in [0.1, 0.15) is 0 Å². The minimum atomic E-state index is -0.627. The molecule has 0 spiro atoms. The van der Waals surface area contributed by atoms with Crippen LogP contribution in [0.25, 0.3) is 0 Å². The highest BCUT2D eigenvalue weighted by Crippen LogP contribution is 2.24. The van der Waals surface area contributed by atoms with Gasteiger partial charge in [-0.25, -0.2) is 4.39 Å². The molecule has 4 heteroatoms. The van der Waals surface area contributed by atoms with Crippen molar-refractivity contribution in [3.63, 3.8) is 0 Å². The molecule has 0 N–H and O–H groups in total.